The van der Waals surface area contributed by atoms with Gasteiger partial charge in [-0.25, -0.2) is 4.98 Å². The normalized spacial score (nSPS) is 14.8. The Morgan fingerprint density at radius 3 is 2.57 bits per heavy atom. The highest BCUT2D eigenvalue weighted by Crippen LogP contribution is 2.16. The molecule has 0 radical (unpaired) electrons. The van der Waals surface area contributed by atoms with Gasteiger partial charge in [-0.05, 0) is 24.1 Å². The van der Waals surface area contributed by atoms with Crippen LogP contribution in [-0.4, -0.2) is 59.8 Å². The first-order valence-electron chi connectivity index (χ1n) is 10.8. The summed E-state index contributed by atoms with van der Waals surface area (Å²) in [6.07, 6.45) is 2.01. The number of morpholine rings is 1. The number of carbonyl (C=O) groups excluding carboxylic acids is 1. The number of aryl methyl sites for hydroxylation is 1. The van der Waals surface area contributed by atoms with Gasteiger partial charge in [0.15, 0.2) is 0 Å². The average molecular weight is 407 g/mol. The van der Waals surface area contributed by atoms with E-state index >= 15 is 0 Å². The first-order chi connectivity index (χ1) is 14.8. The fourth-order valence-corrected chi connectivity index (χ4v) is 3.94. The molecule has 2 heterocycles. The summed E-state index contributed by atoms with van der Waals surface area (Å²) < 4.78 is 7.76. The van der Waals surface area contributed by atoms with E-state index in [-0.39, 0.29) is 5.91 Å². The molecule has 6 heteroatoms. The Labute approximate surface area is 177 Å². The average Bonchev–Trinajstić information content (AvgIpc) is 3.15. The van der Waals surface area contributed by atoms with Gasteiger partial charge in [0, 0.05) is 45.6 Å². The number of rotatable bonds is 9. The summed E-state index contributed by atoms with van der Waals surface area (Å²) in [5.74, 6) is 1.13. The van der Waals surface area contributed by atoms with E-state index in [1.54, 1.807) is 0 Å². The number of aromatic nitrogens is 2. The number of benzene rings is 2. The van der Waals surface area contributed by atoms with Crippen molar-refractivity contribution in [2.45, 2.75) is 25.8 Å². The molecule has 6 nitrogen and oxygen atoms in total. The van der Waals surface area contributed by atoms with Crippen LogP contribution in [0.25, 0.3) is 11.0 Å². The molecular weight excluding hydrogens is 376 g/mol. The number of hydrogen-bond acceptors (Lipinski definition) is 4. The lowest BCUT2D eigenvalue weighted by Crippen LogP contribution is -2.38. The van der Waals surface area contributed by atoms with E-state index in [0.717, 1.165) is 69.1 Å². The SMILES string of the molecule is O=C(CCc1ccccc1)NCCc1nc2ccccc2n1CCN1CCOCC1. The Morgan fingerprint density at radius 1 is 0.967 bits per heavy atom. The molecule has 1 fully saturated rings. The van der Waals surface area contributed by atoms with E-state index < -0.39 is 0 Å². The summed E-state index contributed by atoms with van der Waals surface area (Å²) in [4.78, 5) is 19.5. The largest absolute Gasteiger partial charge is 0.379 e. The highest BCUT2D eigenvalue weighted by Gasteiger charge is 2.14. The number of ether oxygens (including phenoxy) is 1. The molecule has 3 aromatic rings. The van der Waals surface area contributed by atoms with Gasteiger partial charge in [-0.1, -0.05) is 42.5 Å². The highest BCUT2D eigenvalue weighted by molar-refractivity contribution is 5.77. The third kappa shape index (κ3) is 5.46. The van der Waals surface area contributed by atoms with Crippen LogP contribution < -0.4 is 5.32 Å². The van der Waals surface area contributed by atoms with E-state index in [1.807, 2.05) is 24.3 Å². The van der Waals surface area contributed by atoms with Gasteiger partial charge >= 0.3 is 0 Å². The summed E-state index contributed by atoms with van der Waals surface area (Å²) in [7, 11) is 0. The predicted molar refractivity (Wildman–Crippen MR) is 118 cm³/mol. The van der Waals surface area contributed by atoms with Gasteiger partial charge in [0.25, 0.3) is 0 Å². The quantitative estimate of drug-likeness (QED) is 0.594. The van der Waals surface area contributed by atoms with Gasteiger partial charge in [0.2, 0.25) is 5.91 Å². The number of imidazole rings is 1. The molecule has 0 unspecified atom stereocenters. The first-order valence-corrected chi connectivity index (χ1v) is 10.8. The molecule has 0 bridgehead atoms. The number of fused-ring (bicyclic) bond motifs is 1. The third-order valence-corrected chi connectivity index (χ3v) is 5.63. The number of amides is 1. The number of nitrogens with one attached hydrogen (secondary N) is 1. The van der Waals surface area contributed by atoms with E-state index in [0.29, 0.717) is 13.0 Å². The maximum atomic E-state index is 12.2. The Kier molecular flexibility index (Phi) is 7.11. The van der Waals surface area contributed by atoms with Crippen LogP contribution in [0.5, 0.6) is 0 Å². The molecule has 1 aliphatic rings. The monoisotopic (exact) mass is 406 g/mol. The fourth-order valence-electron chi connectivity index (χ4n) is 3.94. The molecular formula is C24H30N4O2. The molecule has 1 aromatic heterocycles. The van der Waals surface area contributed by atoms with E-state index in [9.17, 15) is 4.79 Å². The van der Waals surface area contributed by atoms with Crippen molar-refractivity contribution < 1.29 is 9.53 Å². The predicted octanol–water partition coefficient (Wildman–Crippen LogP) is 2.66. The minimum atomic E-state index is 0.0924. The first kappa shape index (κ1) is 20.6. The minimum absolute atomic E-state index is 0.0924. The summed E-state index contributed by atoms with van der Waals surface area (Å²) in [6.45, 7) is 6.09. The van der Waals surface area contributed by atoms with Crippen molar-refractivity contribution in [3.8, 4) is 0 Å². The molecule has 1 aliphatic heterocycles. The Hall–Kier alpha value is -2.70. The number of para-hydroxylation sites is 2. The van der Waals surface area contributed by atoms with Crippen LogP contribution >= 0.6 is 0 Å². The number of hydrogen-bond donors (Lipinski definition) is 1. The lowest BCUT2D eigenvalue weighted by Gasteiger charge is -2.27. The van der Waals surface area contributed by atoms with Crippen LogP contribution in [0.15, 0.2) is 54.6 Å². The lowest BCUT2D eigenvalue weighted by atomic mass is 10.1. The molecule has 2 aromatic carbocycles. The van der Waals surface area contributed by atoms with Gasteiger partial charge in [-0.15, -0.1) is 0 Å². The molecule has 0 atom stereocenters. The fraction of sp³-hybridized carbons (Fsp3) is 0.417. The van der Waals surface area contributed by atoms with Crippen molar-refractivity contribution in [3.05, 3.63) is 66.0 Å². The number of carbonyl (C=O) groups is 1. The second-order valence-electron chi connectivity index (χ2n) is 7.71. The summed E-state index contributed by atoms with van der Waals surface area (Å²) >= 11 is 0. The van der Waals surface area contributed by atoms with Gasteiger partial charge in [0.05, 0.1) is 24.2 Å². The lowest BCUT2D eigenvalue weighted by molar-refractivity contribution is -0.121. The van der Waals surface area contributed by atoms with Gasteiger partial charge in [-0.3, -0.25) is 9.69 Å². The van der Waals surface area contributed by atoms with Crippen molar-refractivity contribution in [1.29, 1.82) is 0 Å². The van der Waals surface area contributed by atoms with Crippen molar-refractivity contribution in [2.24, 2.45) is 0 Å². The zero-order valence-corrected chi connectivity index (χ0v) is 17.4. The molecule has 0 saturated carbocycles. The smallest absolute Gasteiger partial charge is 0.220 e. The number of nitrogens with zero attached hydrogens (tertiary/aromatic N) is 3. The van der Waals surface area contributed by atoms with Crippen molar-refractivity contribution in [2.75, 3.05) is 39.4 Å². The molecule has 1 amide bonds. The van der Waals surface area contributed by atoms with Crippen LogP contribution in [0, 0.1) is 0 Å². The summed E-state index contributed by atoms with van der Waals surface area (Å²) in [6, 6.07) is 18.4. The standard InChI is InChI=1S/C24H30N4O2/c29-24(11-10-20-6-2-1-3-7-20)25-13-12-23-26-21-8-4-5-9-22(21)28(23)15-14-27-16-18-30-19-17-27/h1-9H,10-19H2,(H,25,29). The Bertz CT molecular complexity index is 948. The van der Waals surface area contributed by atoms with Crippen LogP contribution in [0.4, 0.5) is 0 Å². The second kappa shape index (κ2) is 10.4. The molecule has 4 rings (SSSR count). The van der Waals surface area contributed by atoms with Crippen molar-refractivity contribution >= 4 is 16.9 Å². The molecule has 158 valence electrons. The second-order valence-corrected chi connectivity index (χ2v) is 7.71. The van der Waals surface area contributed by atoms with Gasteiger partial charge < -0.3 is 14.6 Å². The zero-order chi connectivity index (χ0) is 20.6. The van der Waals surface area contributed by atoms with Crippen LogP contribution in [-0.2, 0) is 28.9 Å². The van der Waals surface area contributed by atoms with Crippen LogP contribution in [0.1, 0.15) is 17.8 Å². The minimum Gasteiger partial charge on any atom is -0.379 e. The van der Waals surface area contributed by atoms with Crippen LogP contribution in [0.2, 0.25) is 0 Å². The molecule has 1 N–H and O–H groups in total. The maximum absolute atomic E-state index is 12.2. The molecule has 0 spiro atoms. The van der Waals surface area contributed by atoms with Gasteiger partial charge in [0.1, 0.15) is 5.82 Å². The zero-order valence-electron chi connectivity index (χ0n) is 17.4. The Morgan fingerprint density at radius 2 is 1.73 bits per heavy atom. The van der Waals surface area contributed by atoms with E-state index in [2.05, 4.69) is 45.1 Å². The van der Waals surface area contributed by atoms with E-state index in [4.69, 9.17) is 9.72 Å². The molecule has 30 heavy (non-hydrogen) atoms. The maximum Gasteiger partial charge on any atom is 0.220 e. The van der Waals surface area contributed by atoms with E-state index in [1.165, 1.54) is 5.56 Å². The highest BCUT2D eigenvalue weighted by atomic mass is 16.5. The topological polar surface area (TPSA) is 59.4 Å². The van der Waals surface area contributed by atoms with Crippen molar-refractivity contribution in [3.63, 3.8) is 0 Å². The summed E-state index contributed by atoms with van der Waals surface area (Å²) in [5.41, 5.74) is 3.37. The molecule has 1 saturated heterocycles. The van der Waals surface area contributed by atoms with Crippen molar-refractivity contribution in [1.82, 2.24) is 19.8 Å². The molecule has 0 aliphatic carbocycles. The van der Waals surface area contributed by atoms with Crippen LogP contribution in [0.3, 0.4) is 0 Å². The van der Waals surface area contributed by atoms with Gasteiger partial charge in [-0.2, -0.15) is 0 Å². The Balaban J connectivity index is 1.33. The third-order valence-electron chi connectivity index (χ3n) is 5.63. The summed E-state index contributed by atoms with van der Waals surface area (Å²) in [5, 5.41) is 3.06.